The maximum Gasteiger partial charge on any atom is 0.258 e. The van der Waals surface area contributed by atoms with E-state index in [1.807, 2.05) is 48.2 Å². The summed E-state index contributed by atoms with van der Waals surface area (Å²) in [5, 5.41) is 2.93. The minimum absolute atomic E-state index is 0.105. The number of likely N-dealkylation sites (N-methyl/N-ethyl adjacent to an activating group) is 2. The zero-order valence-corrected chi connectivity index (χ0v) is 29.1. The summed E-state index contributed by atoms with van der Waals surface area (Å²) in [4.78, 5) is 47.2. The van der Waals surface area contributed by atoms with E-state index < -0.39 is 0 Å². The molecule has 10 heteroatoms. The van der Waals surface area contributed by atoms with Crippen molar-refractivity contribution < 1.29 is 23.9 Å². The van der Waals surface area contributed by atoms with Gasteiger partial charge >= 0.3 is 0 Å². The number of rotatable bonds is 13. The molecule has 1 saturated heterocycles. The number of amides is 3. The van der Waals surface area contributed by atoms with Crippen LogP contribution in [0.5, 0.6) is 5.75 Å². The number of carbonyl (C=O) groups excluding carboxylic acids is 3. The van der Waals surface area contributed by atoms with Crippen LogP contribution in [0.4, 0.5) is 11.4 Å². The van der Waals surface area contributed by atoms with Crippen LogP contribution in [0.15, 0.2) is 66.1 Å². The monoisotopic (exact) mass is 645 g/mol. The maximum atomic E-state index is 13.7. The highest BCUT2D eigenvalue weighted by Crippen LogP contribution is 2.36. The van der Waals surface area contributed by atoms with E-state index in [0.717, 1.165) is 62.6 Å². The highest BCUT2D eigenvalue weighted by molar-refractivity contribution is 6.09. The van der Waals surface area contributed by atoms with E-state index in [0.29, 0.717) is 42.0 Å². The van der Waals surface area contributed by atoms with Crippen LogP contribution < -0.4 is 15.0 Å². The number of piperazine rings is 1. The minimum Gasteiger partial charge on any atom is -0.496 e. The molecular formula is C37H51N5O5. The van der Waals surface area contributed by atoms with Gasteiger partial charge in [0.25, 0.3) is 11.8 Å². The number of hydrogen-bond donors (Lipinski definition) is 1. The molecule has 0 atom stereocenters. The lowest BCUT2D eigenvalue weighted by atomic mass is 9.84. The van der Waals surface area contributed by atoms with Crippen molar-refractivity contribution in [3.63, 3.8) is 0 Å². The molecule has 254 valence electrons. The fourth-order valence-corrected chi connectivity index (χ4v) is 5.82. The normalized spacial score (nSPS) is 16.1. The van der Waals surface area contributed by atoms with Crippen molar-refractivity contribution in [2.75, 3.05) is 78.3 Å². The second-order valence-electron chi connectivity index (χ2n) is 13.3. The molecule has 4 rings (SSSR count). The summed E-state index contributed by atoms with van der Waals surface area (Å²) in [5.41, 5.74) is 2.83. The smallest absolute Gasteiger partial charge is 0.258 e. The maximum absolute atomic E-state index is 13.7. The molecule has 0 bridgehead atoms. The molecule has 2 aliphatic rings. The molecule has 1 aliphatic carbocycles. The first-order chi connectivity index (χ1) is 22.4. The predicted molar refractivity (Wildman–Crippen MR) is 187 cm³/mol. The van der Waals surface area contributed by atoms with Gasteiger partial charge in [0, 0.05) is 71.4 Å². The Kier molecular flexibility index (Phi) is 12.1. The van der Waals surface area contributed by atoms with Crippen LogP contribution in [0.25, 0.3) is 0 Å². The van der Waals surface area contributed by atoms with Crippen LogP contribution in [0.3, 0.4) is 0 Å². The number of nitrogens with zero attached hydrogens (tertiary/aromatic N) is 4. The van der Waals surface area contributed by atoms with E-state index in [1.165, 1.54) is 7.11 Å². The molecule has 0 aromatic heterocycles. The molecule has 1 aliphatic heterocycles. The second-order valence-corrected chi connectivity index (χ2v) is 13.3. The fourth-order valence-electron chi connectivity index (χ4n) is 5.82. The van der Waals surface area contributed by atoms with Crippen molar-refractivity contribution in [2.24, 2.45) is 5.41 Å². The molecule has 47 heavy (non-hydrogen) atoms. The molecular weight excluding hydrogens is 594 g/mol. The molecule has 0 unspecified atom stereocenters. The van der Waals surface area contributed by atoms with E-state index in [9.17, 15) is 14.4 Å². The Morgan fingerprint density at radius 3 is 2.38 bits per heavy atom. The third kappa shape index (κ3) is 9.38. The van der Waals surface area contributed by atoms with Crippen LogP contribution in [0.1, 0.15) is 66.7 Å². The number of allylic oxidation sites excluding steroid dienone is 3. The number of nitrogens with one attached hydrogen (secondary N) is 1. The van der Waals surface area contributed by atoms with Crippen molar-refractivity contribution in [3.05, 3.63) is 77.2 Å². The first kappa shape index (κ1) is 35.5. The lowest BCUT2D eigenvalue weighted by Gasteiger charge is -2.32. The van der Waals surface area contributed by atoms with Crippen LogP contribution in [-0.2, 0) is 9.53 Å². The number of carbonyl (C=O) groups is 3. The van der Waals surface area contributed by atoms with E-state index >= 15 is 0 Å². The molecule has 0 radical (unpaired) electrons. The summed E-state index contributed by atoms with van der Waals surface area (Å²) in [6.45, 7) is 8.29. The number of hydrogen-bond acceptors (Lipinski definition) is 7. The standard InChI is InChI=1S/C37H51N5O5/c1-37(2)19-18-31(33(26-37)47-24-12-8-9-15-34(43)42-22-20-40(5)21-23-42)41(6)36(45)27-16-17-29(32(25-27)46-7)38-35(44)28-13-10-11-14-30(28)39(3)4/h10-11,13-14,16-19,25H,8-9,12,15,20-24,26H2,1-7H3,(H,38,44). The van der Waals surface area contributed by atoms with Crippen molar-refractivity contribution in [1.29, 1.82) is 0 Å². The van der Waals surface area contributed by atoms with Gasteiger partial charge in [0.15, 0.2) is 0 Å². The third-order valence-electron chi connectivity index (χ3n) is 8.75. The van der Waals surface area contributed by atoms with Gasteiger partial charge in [0.2, 0.25) is 5.91 Å². The van der Waals surface area contributed by atoms with Gasteiger partial charge in [-0.15, -0.1) is 0 Å². The summed E-state index contributed by atoms with van der Waals surface area (Å²) in [6, 6.07) is 12.4. The summed E-state index contributed by atoms with van der Waals surface area (Å²) >= 11 is 0. The number of anilines is 2. The molecule has 0 spiro atoms. The molecule has 2 aromatic carbocycles. The Hall–Kier alpha value is -4.31. The Labute approximate surface area is 280 Å². The van der Waals surface area contributed by atoms with Gasteiger partial charge in [-0.3, -0.25) is 14.4 Å². The molecule has 10 nitrogen and oxygen atoms in total. The van der Waals surface area contributed by atoms with Gasteiger partial charge in [0.05, 0.1) is 30.7 Å². The second kappa shape index (κ2) is 16.0. The lowest BCUT2D eigenvalue weighted by Crippen LogP contribution is -2.47. The van der Waals surface area contributed by atoms with Crippen LogP contribution in [0, 0.1) is 5.41 Å². The summed E-state index contributed by atoms with van der Waals surface area (Å²) in [5.74, 6) is 0.911. The fraction of sp³-hybridized carbons (Fsp3) is 0.486. The molecule has 1 fully saturated rings. The van der Waals surface area contributed by atoms with Crippen molar-refractivity contribution >= 4 is 29.1 Å². The molecule has 0 saturated carbocycles. The highest BCUT2D eigenvalue weighted by Gasteiger charge is 2.28. The number of ether oxygens (including phenoxy) is 2. The summed E-state index contributed by atoms with van der Waals surface area (Å²) in [7, 11) is 9.12. The predicted octanol–water partition coefficient (Wildman–Crippen LogP) is 5.63. The summed E-state index contributed by atoms with van der Waals surface area (Å²) in [6.07, 6.45) is 7.87. The van der Waals surface area contributed by atoms with E-state index in [-0.39, 0.29) is 23.1 Å². The SMILES string of the molecule is COc1cc(C(=O)N(C)C2=C(OCCCCCC(=O)N3CCN(C)CC3)CC(C)(C)C=C2)ccc1NC(=O)c1ccccc1N(C)C. The van der Waals surface area contributed by atoms with Crippen LogP contribution >= 0.6 is 0 Å². The van der Waals surface area contributed by atoms with Gasteiger partial charge in [-0.2, -0.15) is 0 Å². The molecule has 1 heterocycles. The number of unbranched alkanes of at least 4 members (excludes halogenated alkanes) is 2. The van der Waals surface area contributed by atoms with Gasteiger partial charge in [-0.1, -0.05) is 32.1 Å². The Balaban J connectivity index is 1.38. The van der Waals surface area contributed by atoms with Crippen molar-refractivity contribution in [3.8, 4) is 5.75 Å². The number of benzene rings is 2. The molecule has 1 N–H and O–H groups in total. The Morgan fingerprint density at radius 2 is 1.68 bits per heavy atom. The topological polar surface area (TPSA) is 94.7 Å². The van der Waals surface area contributed by atoms with Gasteiger partial charge in [-0.05, 0) is 68.1 Å². The molecule has 3 amide bonds. The number of methoxy groups -OCH3 is 1. The van der Waals surface area contributed by atoms with Gasteiger partial charge < -0.3 is 34.4 Å². The highest BCUT2D eigenvalue weighted by atomic mass is 16.5. The Bertz CT molecular complexity index is 1490. The van der Waals surface area contributed by atoms with Gasteiger partial charge in [-0.25, -0.2) is 0 Å². The van der Waals surface area contributed by atoms with Crippen LogP contribution in [-0.4, -0.2) is 101 Å². The lowest BCUT2D eigenvalue weighted by molar-refractivity contribution is -0.132. The molecule has 2 aromatic rings. The van der Waals surface area contributed by atoms with E-state index in [1.54, 1.807) is 36.2 Å². The first-order valence-electron chi connectivity index (χ1n) is 16.5. The minimum atomic E-state index is -0.271. The largest absolute Gasteiger partial charge is 0.496 e. The van der Waals surface area contributed by atoms with E-state index in [2.05, 4.69) is 37.2 Å². The number of para-hydroxylation sites is 1. The average molecular weight is 646 g/mol. The zero-order valence-electron chi connectivity index (χ0n) is 29.1. The quantitative estimate of drug-likeness (QED) is 0.282. The van der Waals surface area contributed by atoms with Gasteiger partial charge in [0.1, 0.15) is 11.5 Å². The van der Waals surface area contributed by atoms with Crippen molar-refractivity contribution in [2.45, 2.75) is 46.0 Å². The van der Waals surface area contributed by atoms with Crippen LogP contribution in [0.2, 0.25) is 0 Å². The van der Waals surface area contributed by atoms with E-state index in [4.69, 9.17) is 9.47 Å². The van der Waals surface area contributed by atoms with Crippen molar-refractivity contribution in [1.82, 2.24) is 14.7 Å². The Morgan fingerprint density at radius 1 is 0.957 bits per heavy atom. The summed E-state index contributed by atoms with van der Waals surface area (Å²) < 4.78 is 11.9. The zero-order chi connectivity index (χ0) is 34.1. The first-order valence-corrected chi connectivity index (χ1v) is 16.5. The average Bonchev–Trinajstić information content (AvgIpc) is 3.05. The third-order valence-corrected chi connectivity index (χ3v) is 8.75.